The Morgan fingerprint density at radius 1 is 1.07 bits per heavy atom. The molecule has 1 amide bonds. The number of amides is 1. The van der Waals surface area contributed by atoms with Gasteiger partial charge >= 0.3 is 17.6 Å². The Bertz CT molecular complexity index is 1460. The minimum Gasteiger partial charge on any atom is -0.508 e. The zero-order valence-corrected chi connectivity index (χ0v) is 22.2. The van der Waals surface area contributed by atoms with Crippen molar-refractivity contribution in [2.75, 3.05) is 18.5 Å². The van der Waals surface area contributed by atoms with Gasteiger partial charge in [-0.2, -0.15) is 0 Å². The van der Waals surface area contributed by atoms with Gasteiger partial charge < -0.3 is 51.0 Å². The third-order valence-corrected chi connectivity index (χ3v) is 6.30. The highest BCUT2D eigenvalue weighted by Gasteiger charge is 2.29. The minimum atomic E-state index is -2.27. The highest BCUT2D eigenvalue weighted by atomic mass is 16.5. The number of ether oxygens (including phenoxy) is 1. The van der Waals surface area contributed by atoms with Crippen molar-refractivity contribution in [3.8, 4) is 11.5 Å². The summed E-state index contributed by atoms with van der Waals surface area (Å²) in [6.07, 6.45) is -4.85. The summed E-state index contributed by atoms with van der Waals surface area (Å²) >= 11 is 0. The second-order valence-corrected chi connectivity index (χ2v) is 9.94. The van der Waals surface area contributed by atoms with Crippen LogP contribution in [0.5, 0.6) is 11.5 Å². The van der Waals surface area contributed by atoms with E-state index in [1.165, 1.54) is 12.1 Å². The summed E-state index contributed by atoms with van der Waals surface area (Å²) in [6.45, 7) is 4.55. The summed E-state index contributed by atoms with van der Waals surface area (Å²) in [5.74, 6) is -3.57. The predicted octanol–water partition coefficient (Wildman–Crippen LogP) is -0.265. The second kappa shape index (κ2) is 12.8. The number of fused-ring (bicyclic) bond motifs is 2. The third-order valence-electron chi connectivity index (χ3n) is 6.30. The van der Waals surface area contributed by atoms with Gasteiger partial charge in [0.2, 0.25) is 0 Å². The molecule has 2 heterocycles. The number of benzene rings is 2. The first-order chi connectivity index (χ1) is 19.2. The zero-order valence-electron chi connectivity index (χ0n) is 22.2. The normalized spacial score (nSPS) is 15.0. The Morgan fingerprint density at radius 3 is 2.34 bits per heavy atom. The first-order valence-corrected chi connectivity index (χ1v) is 12.4. The number of imidazole rings is 1. The number of carbonyl (C=O) groups excluding carboxylic acids is 1. The topological polar surface area (TPSA) is 244 Å². The molecule has 0 saturated heterocycles. The number of carboxylic acids is 2. The molecule has 9 N–H and O–H groups in total. The third kappa shape index (κ3) is 7.82. The molecule has 3 atom stereocenters. The van der Waals surface area contributed by atoms with Gasteiger partial charge in [-0.05, 0) is 38.5 Å². The van der Waals surface area contributed by atoms with Crippen molar-refractivity contribution in [1.82, 2.24) is 14.9 Å². The summed E-state index contributed by atoms with van der Waals surface area (Å²) < 4.78 is 7.18. The molecule has 0 saturated carbocycles. The number of rotatable bonds is 10. The maximum atomic E-state index is 12.3. The zero-order chi connectivity index (χ0) is 30.5. The molecule has 0 fully saturated rings. The number of aliphatic carboxylic acids is 2. The number of para-hydroxylation sites is 2. The number of nitrogens with one attached hydrogen (secondary N) is 3. The smallest absolute Gasteiger partial charge is 0.335 e. The lowest BCUT2D eigenvalue weighted by molar-refractivity contribution is -0.165. The van der Waals surface area contributed by atoms with E-state index in [1.807, 2.05) is 38.1 Å². The van der Waals surface area contributed by atoms with Gasteiger partial charge in [0.25, 0.3) is 5.91 Å². The lowest BCUT2D eigenvalue weighted by Crippen LogP contribution is -2.43. The van der Waals surface area contributed by atoms with E-state index in [-0.39, 0.29) is 36.0 Å². The number of hydrogen-bond acceptors (Lipinski definition) is 10. The van der Waals surface area contributed by atoms with Gasteiger partial charge in [-0.3, -0.25) is 9.36 Å². The van der Waals surface area contributed by atoms with Crippen LogP contribution in [-0.2, 0) is 20.9 Å². The van der Waals surface area contributed by atoms with Gasteiger partial charge in [-0.25, -0.2) is 14.4 Å². The van der Waals surface area contributed by atoms with Crippen molar-refractivity contribution in [3.63, 3.8) is 0 Å². The summed E-state index contributed by atoms with van der Waals surface area (Å²) in [5.41, 5.74) is 1.85. The molecular formula is C26H32N4O11. The molecule has 222 valence electrons. The summed E-state index contributed by atoms with van der Waals surface area (Å²) in [7, 11) is 0. The summed E-state index contributed by atoms with van der Waals surface area (Å²) in [6, 6.07) is 10.4. The predicted molar refractivity (Wildman–Crippen MR) is 144 cm³/mol. The van der Waals surface area contributed by atoms with Crippen LogP contribution in [0.15, 0.2) is 41.2 Å². The van der Waals surface area contributed by atoms with Gasteiger partial charge in [0.1, 0.15) is 11.5 Å². The quantitative estimate of drug-likeness (QED) is 0.151. The van der Waals surface area contributed by atoms with Crippen LogP contribution in [0.3, 0.4) is 0 Å². The first kappa shape index (κ1) is 31.1. The van der Waals surface area contributed by atoms with Crippen LogP contribution in [0.4, 0.5) is 5.69 Å². The van der Waals surface area contributed by atoms with Crippen molar-refractivity contribution < 1.29 is 49.8 Å². The number of aliphatic hydroxyl groups is 3. The van der Waals surface area contributed by atoms with Crippen LogP contribution in [0.25, 0.3) is 11.0 Å². The number of aromatic nitrogens is 2. The van der Waals surface area contributed by atoms with Crippen molar-refractivity contribution in [2.24, 2.45) is 0 Å². The molecule has 1 aliphatic rings. The van der Waals surface area contributed by atoms with Crippen LogP contribution in [0, 0.1) is 0 Å². The second-order valence-electron chi connectivity index (χ2n) is 9.94. The van der Waals surface area contributed by atoms with Crippen molar-refractivity contribution in [1.29, 1.82) is 0 Å². The lowest BCUT2D eigenvalue weighted by Gasteiger charge is -2.29. The Morgan fingerprint density at radius 2 is 1.71 bits per heavy atom. The molecule has 15 nitrogen and oxygen atoms in total. The van der Waals surface area contributed by atoms with E-state index in [4.69, 9.17) is 25.2 Å². The van der Waals surface area contributed by atoms with Gasteiger partial charge in [-0.1, -0.05) is 12.1 Å². The molecule has 3 unspecified atom stereocenters. The number of H-pyrrole nitrogens is 1. The van der Waals surface area contributed by atoms with E-state index in [0.717, 1.165) is 11.0 Å². The fraction of sp³-hybridized carbons (Fsp3) is 0.385. The number of anilines is 1. The fourth-order valence-corrected chi connectivity index (χ4v) is 4.02. The standard InChI is InChI=1S/C22H26N4O5.C4H6O6/c1-22(2,7-8-26-17-6-4-3-5-15(17)25-21(26)30)23-11-18(28)14-9-13(27)10-16-20(14)31-12-19(29)24-16;5-1(3(7)8)2(6)4(9)10/h3-6,9-10,18,23,27-28H,7-8,11-12H2,1-2H3,(H,24,29)(H,25,30);1-2,5-6H,(H,7,8)(H,9,10). The average molecular weight is 577 g/mol. The van der Waals surface area contributed by atoms with Crippen LogP contribution >= 0.6 is 0 Å². The van der Waals surface area contributed by atoms with Gasteiger partial charge in [0.15, 0.2) is 18.8 Å². The Labute approximate surface area is 232 Å². The maximum Gasteiger partial charge on any atom is 0.335 e. The molecule has 1 aromatic heterocycles. The molecule has 0 radical (unpaired) electrons. The SMILES string of the molecule is CC(C)(CCn1c(=O)[nH]c2ccccc21)NCC(O)c1cc(O)cc2c1OCC(=O)N2.O=C(O)C(O)C(O)C(=O)O. The summed E-state index contributed by atoms with van der Waals surface area (Å²) in [5, 5.41) is 59.2. The highest BCUT2D eigenvalue weighted by molar-refractivity contribution is 5.96. The van der Waals surface area contributed by atoms with Gasteiger partial charge in [0, 0.05) is 30.3 Å². The van der Waals surface area contributed by atoms with E-state index < -0.39 is 30.3 Å². The van der Waals surface area contributed by atoms with E-state index in [1.54, 1.807) is 4.57 Å². The number of carboxylic acid groups (broad SMARTS) is 2. The lowest BCUT2D eigenvalue weighted by atomic mass is 9.99. The van der Waals surface area contributed by atoms with E-state index in [2.05, 4.69) is 15.6 Å². The molecule has 0 spiro atoms. The number of aromatic hydroxyl groups is 1. The molecule has 41 heavy (non-hydrogen) atoms. The number of hydrogen-bond donors (Lipinski definition) is 9. The summed E-state index contributed by atoms with van der Waals surface area (Å²) in [4.78, 5) is 46.2. The highest BCUT2D eigenvalue weighted by Crippen LogP contribution is 2.38. The molecule has 2 aromatic carbocycles. The number of nitrogens with zero attached hydrogens (tertiary/aromatic N) is 1. The number of aliphatic hydroxyl groups excluding tert-OH is 3. The Balaban J connectivity index is 0.000000397. The van der Waals surface area contributed by atoms with Crippen molar-refractivity contribution >= 4 is 34.6 Å². The first-order valence-electron chi connectivity index (χ1n) is 12.4. The van der Waals surface area contributed by atoms with Crippen LogP contribution < -0.4 is 21.1 Å². The molecule has 15 heteroatoms. The maximum absolute atomic E-state index is 12.3. The molecule has 0 bridgehead atoms. The minimum absolute atomic E-state index is 0.0726. The van der Waals surface area contributed by atoms with Crippen LogP contribution in [-0.4, -0.2) is 88.9 Å². The number of aromatic amines is 1. The van der Waals surface area contributed by atoms with E-state index in [9.17, 15) is 29.4 Å². The monoisotopic (exact) mass is 576 g/mol. The number of β-amino-alcohol motifs (C(OH)–C–C–N with tert-alkyl or cyclic N) is 1. The van der Waals surface area contributed by atoms with E-state index in [0.29, 0.717) is 30.0 Å². The molecule has 3 aromatic rings. The van der Waals surface area contributed by atoms with Crippen LogP contribution in [0.2, 0.25) is 0 Å². The van der Waals surface area contributed by atoms with Crippen molar-refractivity contribution in [3.05, 3.63) is 52.4 Å². The number of carbonyl (C=O) groups is 3. The molecular weight excluding hydrogens is 544 g/mol. The molecule has 1 aliphatic heterocycles. The van der Waals surface area contributed by atoms with Crippen LogP contribution in [0.1, 0.15) is 31.9 Å². The average Bonchev–Trinajstić information content (AvgIpc) is 3.24. The Hall–Kier alpha value is -4.44. The number of phenols is 1. The number of aryl methyl sites for hydroxylation is 1. The largest absolute Gasteiger partial charge is 0.508 e. The molecule has 0 aliphatic carbocycles. The van der Waals surface area contributed by atoms with Crippen molar-refractivity contribution in [2.45, 2.75) is 50.7 Å². The van der Waals surface area contributed by atoms with Gasteiger partial charge in [0.05, 0.1) is 22.8 Å². The van der Waals surface area contributed by atoms with E-state index >= 15 is 0 Å². The molecule has 4 rings (SSSR count). The Kier molecular flexibility index (Phi) is 9.72. The number of phenolic OH excluding ortho intramolecular Hbond substituents is 1. The van der Waals surface area contributed by atoms with Gasteiger partial charge in [-0.15, -0.1) is 0 Å². The fourth-order valence-electron chi connectivity index (χ4n) is 4.02.